The summed E-state index contributed by atoms with van der Waals surface area (Å²) in [7, 11) is 0. The number of benzene rings is 1. The summed E-state index contributed by atoms with van der Waals surface area (Å²) in [6.45, 7) is 0.725. The second-order valence-corrected chi connectivity index (χ2v) is 4.98. The Morgan fingerprint density at radius 3 is 2.71 bits per heavy atom. The minimum atomic E-state index is -0.0269. The van der Waals surface area contributed by atoms with Gasteiger partial charge in [-0.25, -0.2) is 0 Å². The number of hydrogen-bond donors (Lipinski definition) is 2. The molecule has 0 saturated heterocycles. The highest BCUT2D eigenvalue weighted by Crippen LogP contribution is 2.15. The second-order valence-electron chi connectivity index (χ2n) is 3.91. The fraction of sp³-hybridized carbons (Fsp3) is 0.462. The van der Waals surface area contributed by atoms with Crippen molar-refractivity contribution in [1.29, 1.82) is 0 Å². The van der Waals surface area contributed by atoms with Crippen LogP contribution in [-0.4, -0.2) is 22.0 Å². The Labute approximate surface area is 116 Å². The largest absolute Gasteiger partial charge is 0.508 e. The van der Waals surface area contributed by atoms with Gasteiger partial charge in [0.05, 0.1) is 6.42 Å². The third-order valence-electron chi connectivity index (χ3n) is 2.48. The normalized spacial score (nSPS) is 10.2. The van der Waals surface area contributed by atoms with Crippen molar-refractivity contribution in [3.05, 3.63) is 29.8 Å². The minimum absolute atomic E-state index is 0.0269. The van der Waals surface area contributed by atoms with E-state index in [0.29, 0.717) is 5.56 Å². The van der Waals surface area contributed by atoms with Crippen LogP contribution in [0.25, 0.3) is 0 Å². The lowest BCUT2D eigenvalue weighted by Crippen LogP contribution is -2.26. The zero-order valence-electron chi connectivity index (χ0n) is 9.79. The highest BCUT2D eigenvalue weighted by molar-refractivity contribution is 14.1. The van der Waals surface area contributed by atoms with Crippen LogP contribution >= 0.6 is 22.6 Å². The Morgan fingerprint density at radius 1 is 1.24 bits per heavy atom. The summed E-state index contributed by atoms with van der Waals surface area (Å²) >= 11 is 2.36. The lowest BCUT2D eigenvalue weighted by Gasteiger charge is -2.06. The molecule has 0 atom stereocenters. The molecule has 17 heavy (non-hydrogen) atoms. The van der Waals surface area contributed by atoms with E-state index in [4.69, 9.17) is 0 Å². The predicted octanol–water partition coefficient (Wildman–Crippen LogP) is 2.66. The van der Waals surface area contributed by atoms with Crippen LogP contribution in [0.2, 0.25) is 0 Å². The summed E-state index contributed by atoms with van der Waals surface area (Å²) in [6, 6.07) is 6.94. The quantitative estimate of drug-likeness (QED) is 0.453. The van der Waals surface area contributed by atoms with Crippen molar-refractivity contribution in [2.45, 2.75) is 25.7 Å². The summed E-state index contributed by atoms with van der Waals surface area (Å²) in [5.74, 6) is 0.161. The number of alkyl halides is 1. The van der Waals surface area contributed by atoms with E-state index in [1.807, 2.05) is 6.07 Å². The average molecular weight is 347 g/mol. The van der Waals surface area contributed by atoms with Gasteiger partial charge in [-0.1, -0.05) is 47.2 Å². The minimum Gasteiger partial charge on any atom is -0.508 e. The molecule has 0 heterocycles. The second kappa shape index (κ2) is 8.33. The number of unbranched alkanes of at least 4 members (excludes halogenated alkanes) is 2. The van der Waals surface area contributed by atoms with Crippen LogP contribution in [-0.2, 0) is 11.2 Å². The zero-order valence-corrected chi connectivity index (χ0v) is 11.9. The number of hydrogen-bond acceptors (Lipinski definition) is 2. The summed E-state index contributed by atoms with van der Waals surface area (Å²) < 4.78 is 1.17. The number of rotatable bonds is 7. The summed E-state index contributed by atoms with van der Waals surface area (Å²) in [4.78, 5) is 11.6. The molecule has 1 aromatic carbocycles. The molecule has 0 radical (unpaired) electrons. The first-order valence-corrected chi connectivity index (χ1v) is 7.36. The molecule has 0 aromatic heterocycles. The van der Waals surface area contributed by atoms with Crippen molar-refractivity contribution in [3.63, 3.8) is 0 Å². The molecule has 1 rings (SSSR count). The van der Waals surface area contributed by atoms with E-state index in [-0.39, 0.29) is 18.1 Å². The third-order valence-corrected chi connectivity index (χ3v) is 3.24. The van der Waals surface area contributed by atoms with Crippen LogP contribution in [0, 0.1) is 0 Å². The first-order valence-electron chi connectivity index (χ1n) is 5.83. The molecular formula is C13H18INO2. The molecule has 2 N–H and O–H groups in total. The lowest BCUT2D eigenvalue weighted by atomic mass is 10.1. The molecule has 94 valence electrons. The number of phenolic OH excluding ortho intramolecular Hbond substituents is 1. The molecule has 1 amide bonds. The fourth-order valence-electron chi connectivity index (χ4n) is 1.52. The standard InChI is InChI=1S/C13H18INO2/c14-8-4-1-5-9-15-13(17)10-11-6-2-3-7-12(11)16/h2-3,6-7,16H,1,4-5,8-10H2,(H,15,17). The van der Waals surface area contributed by atoms with Gasteiger partial charge in [-0.2, -0.15) is 0 Å². The van der Waals surface area contributed by atoms with Crippen LogP contribution in [0.5, 0.6) is 5.75 Å². The van der Waals surface area contributed by atoms with Gasteiger partial charge in [0, 0.05) is 12.1 Å². The molecule has 0 saturated carbocycles. The molecule has 0 unspecified atom stereocenters. The molecule has 0 aliphatic heterocycles. The van der Waals surface area contributed by atoms with Crippen molar-refractivity contribution in [2.24, 2.45) is 0 Å². The van der Waals surface area contributed by atoms with Crippen molar-refractivity contribution in [2.75, 3.05) is 11.0 Å². The van der Waals surface area contributed by atoms with E-state index < -0.39 is 0 Å². The number of aromatic hydroxyl groups is 1. The van der Waals surface area contributed by atoms with Crippen molar-refractivity contribution in [1.82, 2.24) is 5.32 Å². The number of carbonyl (C=O) groups excluding carboxylic acids is 1. The average Bonchev–Trinajstić information content (AvgIpc) is 2.32. The monoisotopic (exact) mass is 347 g/mol. The van der Waals surface area contributed by atoms with Crippen LogP contribution < -0.4 is 5.32 Å². The predicted molar refractivity (Wildman–Crippen MR) is 77.6 cm³/mol. The maximum Gasteiger partial charge on any atom is 0.224 e. The van der Waals surface area contributed by atoms with Crippen molar-refractivity contribution in [3.8, 4) is 5.75 Å². The van der Waals surface area contributed by atoms with E-state index in [2.05, 4.69) is 27.9 Å². The van der Waals surface area contributed by atoms with Gasteiger partial charge in [0.15, 0.2) is 0 Å². The van der Waals surface area contributed by atoms with Crippen LogP contribution in [0.3, 0.4) is 0 Å². The molecule has 1 aromatic rings. The molecule has 0 aliphatic rings. The number of amides is 1. The summed E-state index contributed by atoms with van der Waals surface area (Å²) in [6.07, 6.45) is 3.63. The zero-order chi connectivity index (χ0) is 12.5. The lowest BCUT2D eigenvalue weighted by molar-refractivity contribution is -0.120. The van der Waals surface area contributed by atoms with E-state index in [9.17, 15) is 9.90 Å². The fourth-order valence-corrected chi connectivity index (χ4v) is 2.06. The molecular weight excluding hydrogens is 329 g/mol. The molecule has 0 bridgehead atoms. The van der Waals surface area contributed by atoms with Gasteiger partial charge in [-0.05, 0) is 23.3 Å². The van der Waals surface area contributed by atoms with E-state index in [0.717, 1.165) is 19.4 Å². The number of carbonyl (C=O) groups is 1. The maximum atomic E-state index is 11.6. The van der Waals surface area contributed by atoms with Gasteiger partial charge in [-0.15, -0.1) is 0 Å². The smallest absolute Gasteiger partial charge is 0.224 e. The maximum absolute atomic E-state index is 11.6. The van der Waals surface area contributed by atoms with E-state index in [1.165, 1.54) is 10.8 Å². The SMILES string of the molecule is O=C(Cc1ccccc1O)NCCCCCI. The molecule has 4 heteroatoms. The third kappa shape index (κ3) is 5.91. The number of nitrogens with one attached hydrogen (secondary N) is 1. The van der Waals surface area contributed by atoms with Gasteiger partial charge in [0.25, 0.3) is 0 Å². The number of phenols is 1. The van der Waals surface area contributed by atoms with Gasteiger partial charge in [0.1, 0.15) is 5.75 Å². The summed E-state index contributed by atoms with van der Waals surface area (Å²) in [5, 5.41) is 12.4. The Balaban J connectivity index is 2.23. The number of para-hydroxylation sites is 1. The molecule has 0 fully saturated rings. The van der Waals surface area contributed by atoms with E-state index in [1.54, 1.807) is 18.2 Å². The molecule has 3 nitrogen and oxygen atoms in total. The van der Waals surface area contributed by atoms with Gasteiger partial charge in [-0.3, -0.25) is 4.79 Å². The Bertz CT molecular complexity index is 355. The highest BCUT2D eigenvalue weighted by atomic mass is 127. The molecule has 0 aliphatic carbocycles. The van der Waals surface area contributed by atoms with Crippen molar-refractivity contribution < 1.29 is 9.90 Å². The van der Waals surface area contributed by atoms with Crippen LogP contribution in [0.15, 0.2) is 24.3 Å². The first kappa shape index (κ1) is 14.3. The topological polar surface area (TPSA) is 49.3 Å². The van der Waals surface area contributed by atoms with E-state index >= 15 is 0 Å². The van der Waals surface area contributed by atoms with Gasteiger partial charge in [0.2, 0.25) is 5.91 Å². The van der Waals surface area contributed by atoms with Crippen LogP contribution in [0.4, 0.5) is 0 Å². The molecule has 0 spiro atoms. The van der Waals surface area contributed by atoms with Crippen LogP contribution in [0.1, 0.15) is 24.8 Å². The van der Waals surface area contributed by atoms with Gasteiger partial charge >= 0.3 is 0 Å². The Hall–Kier alpha value is -0.780. The summed E-state index contributed by atoms with van der Waals surface area (Å²) in [5.41, 5.74) is 0.678. The number of halogens is 1. The first-order chi connectivity index (χ1) is 8.24. The Morgan fingerprint density at radius 2 is 2.00 bits per heavy atom. The highest BCUT2D eigenvalue weighted by Gasteiger charge is 2.05. The van der Waals surface area contributed by atoms with Gasteiger partial charge < -0.3 is 10.4 Å². The Kier molecular flexibility index (Phi) is 7.00. The van der Waals surface area contributed by atoms with Crippen molar-refractivity contribution >= 4 is 28.5 Å².